The van der Waals surface area contributed by atoms with Crippen molar-refractivity contribution in [1.29, 1.82) is 0 Å². The normalized spacial score (nSPS) is 10.8. The van der Waals surface area contributed by atoms with Crippen LogP contribution in [-0.2, 0) is 0 Å². The SMILES string of the molecule is CCOc1ccc(/C=C/C(=O)c2ccc(C)c(C)c2)cc1OC. The van der Waals surface area contributed by atoms with Crippen LogP contribution < -0.4 is 9.47 Å². The van der Waals surface area contributed by atoms with Crippen LogP contribution in [0.1, 0.15) is 34.0 Å². The molecule has 0 N–H and O–H groups in total. The van der Waals surface area contributed by atoms with Crippen molar-refractivity contribution in [3.8, 4) is 11.5 Å². The van der Waals surface area contributed by atoms with Gasteiger partial charge in [0.15, 0.2) is 17.3 Å². The summed E-state index contributed by atoms with van der Waals surface area (Å²) in [7, 11) is 1.60. The predicted molar refractivity (Wildman–Crippen MR) is 93.4 cm³/mol. The lowest BCUT2D eigenvalue weighted by Crippen LogP contribution is -1.96. The van der Waals surface area contributed by atoms with Crippen LogP contribution in [0.25, 0.3) is 6.08 Å². The Morgan fingerprint density at radius 1 is 1.04 bits per heavy atom. The van der Waals surface area contributed by atoms with Crippen molar-refractivity contribution in [2.75, 3.05) is 13.7 Å². The molecule has 0 bridgehead atoms. The van der Waals surface area contributed by atoms with Crippen molar-refractivity contribution in [2.45, 2.75) is 20.8 Å². The Hall–Kier alpha value is -2.55. The number of carbonyl (C=O) groups is 1. The van der Waals surface area contributed by atoms with E-state index in [0.29, 0.717) is 23.7 Å². The maximum absolute atomic E-state index is 12.3. The number of hydrogen-bond acceptors (Lipinski definition) is 3. The van der Waals surface area contributed by atoms with Gasteiger partial charge in [0.05, 0.1) is 13.7 Å². The third kappa shape index (κ3) is 4.22. The van der Waals surface area contributed by atoms with E-state index in [0.717, 1.165) is 11.1 Å². The highest BCUT2D eigenvalue weighted by molar-refractivity contribution is 6.07. The van der Waals surface area contributed by atoms with Crippen molar-refractivity contribution < 1.29 is 14.3 Å². The van der Waals surface area contributed by atoms with E-state index in [2.05, 4.69) is 0 Å². The molecule has 0 amide bonds. The van der Waals surface area contributed by atoms with E-state index in [1.165, 1.54) is 5.56 Å². The van der Waals surface area contributed by atoms with E-state index >= 15 is 0 Å². The van der Waals surface area contributed by atoms with E-state index in [9.17, 15) is 4.79 Å². The van der Waals surface area contributed by atoms with Gasteiger partial charge in [0, 0.05) is 5.56 Å². The molecule has 0 saturated carbocycles. The summed E-state index contributed by atoms with van der Waals surface area (Å²) in [5.41, 5.74) is 3.89. The number of methoxy groups -OCH3 is 1. The number of carbonyl (C=O) groups excluding carboxylic acids is 1. The minimum atomic E-state index is -0.0130. The second-order valence-corrected chi connectivity index (χ2v) is 5.34. The molecule has 0 aliphatic carbocycles. The standard InChI is InChI=1S/C20H22O3/c1-5-23-19-11-8-16(13-20(19)22-4)7-10-18(21)17-9-6-14(2)15(3)12-17/h6-13H,5H2,1-4H3/b10-7+. The summed E-state index contributed by atoms with van der Waals surface area (Å²) in [6.45, 7) is 6.55. The number of aryl methyl sites for hydroxylation is 2. The molecular formula is C20H22O3. The Bertz CT molecular complexity index is 730. The quantitative estimate of drug-likeness (QED) is 0.577. The molecule has 2 aromatic carbocycles. The fourth-order valence-electron chi connectivity index (χ4n) is 2.23. The molecule has 120 valence electrons. The zero-order valence-electron chi connectivity index (χ0n) is 14.1. The minimum absolute atomic E-state index is 0.0130. The molecule has 3 heteroatoms. The maximum Gasteiger partial charge on any atom is 0.185 e. The number of hydrogen-bond donors (Lipinski definition) is 0. The summed E-state index contributed by atoms with van der Waals surface area (Å²) in [5.74, 6) is 1.35. The summed E-state index contributed by atoms with van der Waals surface area (Å²) in [4.78, 5) is 12.3. The van der Waals surface area contributed by atoms with E-state index in [1.807, 2.05) is 57.2 Å². The van der Waals surface area contributed by atoms with Crippen LogP contribution in [0.3, 0.4) is 0 Å². The zero-order chi connectivity index (χ0) is 16.8. The molecule has 2 aromatic rings. The second kappa shape index (κ2) is 7.63. The van der Waals surface area contributed by atoms with Gasteiger partial charge < -0.3 is 9.47 Å². The monoisotopic (exact) mass is 310 g/mol. The Balaban J connectivity index is 2.18. The zero-order valence-corrected chi connectivity index (χ0v) is 14.1. The maximum atomic E-state index is 12.3. The molecule has 0 spiro atoms. The van der Waals surface area contributed by atoms with Gasteiger partial charge >= 0.3 is 0 Å². The van der Waals surface area contributed by atoms with E-state index in [4.69, 9.17) is 9.47 Å². The van der Waals surface area contributed by atoms with Crippen LogP contribution in [0.4, 0.5) is 0 Å². The molecule has 0 atom stereocenters. The van der Waals surface area contributed by atoms with Crippen molar-refractivity contribution in [3.63, 3.8) is 0 Å². The number of benzene rings is 2. The van der Waals surface area contributed by atoms with Crippen LogP contribution in [0, 0.1) is 13.8 Å². The lowest BCUT2D eigenvalue weighted by Gasteiger charge is -2.09. The summed E-state index contributed by atoms with van der Waals surface area (Å²) in [5, 5.41) is 0. The molecule has 0 aromatic heterocycles. The molecular weight excluding hydrogens is 288 g/mol. The highest BCUT2D eigenvalue weighted by atomic mass is 16.5. The fraction of sp³-hybridized carbons (Fsp3) is 0.250. The van der Waals surface area contributed by atoms with Crippen molar-refractivity contribution in [2.24, 2.45) is 0 Å². The lowest BCUT2D eigenvalue weighted by atomic mass is 10.0. The molecule has 23 heavy (non-hydrogen) atoms. The van der Waals surface area contributed by atoms with Gasteiger partial charge in [-0.2, -0.15) is 0 Å². The van der Waals surface area contributed by atoms with Crippen molar-refractivity contribution in [1.82, 2.24) is 0 Å². The van der Waals surface area contributed by atoms with Crippen molar-refractivity contribution >= 4 is 11.9 Å². The highest BCUT2D eigenvalue weighted by Gasteiger charge is 2.06. The molecule has 0 saturated heterocycles. The largest absolute Gasteiger partial charge is 0.493 e. The molecule has 0 aliphatic rings. The number of ether oxygens (including phenoxy) is 2. The first-order valence-electron chi connectivity index (χ1n) is 7.65. The fourth-order valence-corrected chi connectivity index (χ4v) is 2.23. The Kier molecular flexibility index (Phi) is 5.58. The van der Waals surface area contributed by atoms with E-state index in [-0.39, 0.29) is 5.78 Å². The Morgan fingerprint density at radius 2 is 1.83 bits per heavy atom. The molecule has 3 nitrogen and oxygen atoms in total. The average molecular weight is 310 g/mol. The first-order valence-corrected chi connectivity index (χ1v) is 7.65. The van der Waals surface area contributed by atoms with Gasteiger partial charge in [-0.15, -0.1) is 0 Å². The molecule has 0 unspecified atom stereocenters. The number of ketones is 1. The van der Waals surface area contributed by atoms with Crippen molar-refractivity contribution in [3.05, 3.63) is 64.7 Å². The third-order valence-corrected chi connectivity index (χ3v) is 3.71. The Morgan fingerprint density at radius 3 is 2.48 bits per heavy atom. The van der Waals surface area contributed by atoms with Gasteiger partial charge in [-0.25, -0.2) is 0 Å². The van der Waals surface area contributed by atoms with Gasteiger partial charge in [-0.3, -0.25) is 4.79 Å². The van der Waals surface area contributed by atoms with E-state index < -0.39 is 0 Å². The minimum Gasteiger partial charge on any atom is -0.493 e. The smallest absolute Gasteiger partial charge is 0.185 e. The molecule has 2 rings (SSSR count). The summed E-state index contributed by atoms with van der Waals surface area (Å²) >= 11 is 0. The van der Waals surface area contributed by atoms with Crippen LogP contribution in [0.2, 0.25) is 0 Å². The topological polar surface area (TPSA) is 35.5 Å². The van der Waals surface area contributed by atoms with Crippen LogP contribution >= 0.6 is 0 Å². The summed E-state index contributed by atoms with van der Waals surface area (Å²) < 4.78 is 10.8. The average Bonchev–Trinajstić information content (AvgIpc) is 2.56. The van der Waals surface area contributed by atoms with Crippen LogP contribution in [0.15, 0.2) is 42.5 Å². The van der Waals surface area contributed by atoms with Gasteiger partial charge in [-0.05, 0) is 61.7 Å². The van der Waals surface area contributed by atoms with Gasteiger partial charge in [-0.1, -0.05) is 24.3 Å². The first-order chi connectivity index (χ1) is 11.0. The van der Waals surface area contributed by atoms with Crippen LogP contribution in [-0.4, -0.2) is 19.5 Å². The third-order valence-electron chi connectivity index (χ3n) is 3.71. The van der Waals surface area contributed by atoms with E-state index in [1.54, 1.807) is 19.3 Å². The molecule has 0 aliphatic heterocycles. The molecule has 0 radical (unpaired) electrons. The number of allylic oxidation sites excluding steroid dienone is 1. The predicted octanol–water partition coefficient (Wildman–Crippen LogP) is 4.61. The second-order valence-electron chi connectivity index (χ2n) is 5.34. The molecule has 0 heterocycles. The Labute approximate surface area is 137 Å². The summed E-state index contributed by atoms with van der Waals surface area (Å²) in [6.07, 6.45) is 3.37. The highest BCUT2D eigenvalue weighted by Crippen LogP contribution is 2.28. The lowest BCUT2D eigenvalue weighted by molar-refractivity contribution is 0.104. The van der Waals surface area contributed by atoms with Gasteiger partial charge in [0.1, 0.15) is 0 Å². The van der Waals surface area contributed by atoms with Gasteiger partial charge in [0.2, 0.25) is 0 Å². The summed E-state index contributed by atoms with van der Waals surface area (Å²) in [6, 6.07) is 11.3. The number of rotatable bonds is 6. The molecule has 0 fully saturated rings. The van der Waals surface area contributed by atoms with Gasteiger partial charge in [0.25, 0.3) is 0 Å². The van der Waals surface area contributed by atoms with Crippen LogP contribution in [0.5, 0.6) is 11.5 Å². The first kappa shape index (κ1) is 16.8.